The molecule has 2 rings (SSSR count). The Bertz CT molecular complexity index is 590. The van der Waals surface area contributed by atoms with Gasteiger partial charge in [0.05, 0.1) is 12.3 Å². The summed E-state index contributed by atoms with van der Waals surface area (Å²) in [4.78, 5) is 0. The molecule has 0 radical (unpaired) electrons. The van der Waals surface area contributed by atoms with Crippen LogP contribution in [0.5, 0.6) is 5.75 Å². The standard InChI is InChI=1S/C20H28N2O/c1-4-5-15-23-19-12-7-6-11-18(19)21-13-14-22-20-16(2)9-8-10-17(20)3/h6-12,21-22H,4-5,13-15H2,1-3H3. The molecule has 0 unspecified atom stereocenters. The molecule has 0 aromatic heterocycles. The number of hydrogen-bond acceptors (Lipinski definition) is 3. The van der Waals surface area contributed by atoms with Crippen LogP contribution in [-0.4, -0.2) is 19.7 Å². The van der Waals surface area contributed by atoms with Crippen LogP contribution < -0.4 is 15.4 Å². The van der Waals surface area contributed by atoms with E-state index in [1.54, 1.807) is 0 Å². The largest absolute Gasteiger partial charge is 0.491 e. The van der Waals surface area contributed by atoms with E-state index >= 15 is 0 Å². The molecule has 124 valence electrons. The van der Waals surface area contributed by atoms with Crippen LogP contribution in [0, 0.1) is 13.8 Å². The fourth-order valence-electron chi connectivity index (χ4n) is 2.54. The molecule has 0 fully saturated rings. The molecule has 2 aromatic rings. The maximum absolute atomic E-state index is 5.85. The van der Waals surface area contributed by atoms with Gasteiger partial charge in [-0.15, -0.1) is 0 Å². The van der Waals surface area contributed by atoms with Gasteiger partial charge >= 0.3 is 0 Å². The highest BCUT2D eigenvalue weighted by Gasteiger charge is 2.03. The Morgan fingerprint density at radius 3 is 2.30 bits per heavy atom. The van der Waals surface area contributed by atoms with Crippen molar-refractivity contribution in [3.05, 3.63) is 53.6 Å². The zero-order valence-electron chi connectivity index (χ0n) is 14.5. The van der Waals surface area contributed by atoms with E-state index in [0.717, 1.165) is 44.0 Å². The number of ether oxygens (including phenoxy) is 1. The first-order chi connectivity index (χ1) is 11.2. The summed E-state index contributed by atoms with van der Waals surface area (Å²) in [5.41, 5.74) is 4.87. The average Bonchev–Trinajstić information content (AvgIpc) is 2.55. The number of para-hydroxylation sites is 3. The van der Waals surface area contributed by atoms with Gasteiger partial charge in [0.25, 0.3) is 0 Å². The molecule has 3 heteroatoms. The predicted molar refractivity (Wildman–Crippen MR) is 99.7 cm³/mol. The molecule has 2 aromatic carbocycles. The predicted octanol–water partition coefficient (Wildman–Crippen LogP) is 5.01. The highest BCUT2D eigenvalue weighted by Crippen LogP contribution is 2.24. The van der Waals surface area contributed by atoms with Crippen molar-refractivity contribution in [2.45, 2.75) is 33.6 Å². The number of benzene rings is 2. The van der Waals surface area contributed by atoms with Crippen molar-refractivity contribution in [3.8, 4) is 5.75 Å². The lowest BCUT2D eigenvalue weighted by Gasteiger charge is -2.15. The maximum atomic E-state index is 5.85. The molecule has 0 aliphatic carbocycles. The van der Waals surface area contributed by atoms with Crippen molar-refractivity contribution >= 4 is 11.4 Å². The monoisotopic (exact) mass is 312 g/mol. The van der Waals surface area contributed by atoms with Gasteiger partial charge in [0.1, 0.15) is 5.75 Å². The summed E-state index contributed by atoms with van der Waals surface area (Å²) in [5.74, 6) is 0.938. The first-order valence-electron chi connectivity index (χ1n) is 8.48. The normalized spacial score (nSPS) is 10.4. The minimum atomic E-state index is 0.774. The van der Waals surface area contributed by atoms with Crippen LogP contribution in [0.4, 0.5) is 11.4 Å². The highest BCUT2D eigenvalue weighted by molar-refractivity contribution is 5.58. The lowest BCUT2D eigenvalue weighted by Crippen LogP contribution is -2.15. The Kier molecular flexibility index (Phi) is 6.79. The van der Waals surface area contributed by atoms with Crippen LogP contribution >= 0.6 is 0 Å². The molecule has 0 aliphatic rings. The van der Waals surface area contributed by atoms with Crippen molar-refractivity contribution in [3.63, 3.8) is 0 Å². The lowest BCUT2D eigenvalue weighted by molar-refractivity contribution is 0.311. The van der Waals surface area contributed by atoms with Crippen molar-refractivity contribution in [2.24, 2.45) is 0 Å². The molecule has 0 atom stereocenters. The summed E-state index contributed by atoms with van der Waals surface area (Å²) in [7, 11) is 0. The van der Waals surface area contributed by atoms with E-state index in [9.17, 15) is 0 Å². The molecule has 0 aliphatic heterocycles. The zero-order chi connectivity index (χ0) is 16.5. The number of rotatable bonds is 9. The van der Waals surface area contributed by atoms with Crippen LogP contribution in [0.3, 0.4) is 0 Å². The molecule has 3 nitrogen and oxygen atoms in total. The molecule has 0 spiro atoms. The smallest absolute Gasteiger partial charge is 0.142 e. The lowest BCUT2D eigenvalue weighted by atomic mass is 10.1. The Hall–Kier alpha value is -2.16. The Balaban J connectivity index is 1.84. The average molecular weight is 312 g/mol. The van der Waals surface area contributed by atoms with Crippen molar-refractivity contribution in [2.75, 3.05) is 30.3 Å². The fourth-order valence-corrected chi connectivity index (χ4v) is 2.54. The molecule has 0 saturated heterocycles. The van der Waals surface area contributed by atoms with E-state index < -0.39 is 0 Å². The Morgan fingerprint density at radius 2 is 1.57 bits per heavy atom. The topological polar surface area (TPSA) is 33.3 Å². The second-order valence-corrected chi connectivity index (χ2v) is 5.82. The first kappa shape index (κ1) is 17.2. The van der Waals surface area contributed by atoms with E-state index in [1.807, 2.05) is 18.2 Å². The van der Waals surface area contributed by atoms with Crippen LogP contribution in [0.2, 0.25) is 0 Å². The van der Waals surface area contributed by atoms with Gasteiger partial charge in [-0.05, 0) is 43.5 Å². The summed E-state index contributed by atoms with van der Waals surface area (Å²) in [6, 6.07) is 14.5. The third kappa shape index (κ3) is 5.20. The number of unbranched alkanes of at least 4 members (excludes halogenated alkanes) is 1. The van der Waals surface area contributed by atoms with Gasteiger partial charge in [-0.1, -0.05) is 43.7 Å². The summed E-state index contributed by atoms with van der Waals surface area (Å²) in [6.07, 6.45) is 2.23. The second kappa shape index (κ2) is 9.09. The van der Waals surface area contributed by atoms with Crippen LogP contribution in [0.25, 0.3) is 0 Å². The second-order valence-electron chi connectivity index (χ2n) is 5.82. The van der Waals surface area contributed by atoms with Crippen molar-refractivity contribution < 1.29 is 4.74 Å². The van der Waals surface area contributed by atoms with Crippen LogP contribution in [-0.2, 0) is 0 Å². The van der Waals surface area contributed by atoms with Gasteiger partial charge in [-0.25, -0.2) is 0 Å². The summed E-state index contributed by atoms with van der Waals surface area (Å²) in [6.45, 7) is 8.94. The van der Waals surface area contributed by atoms with Gasteiger partial charge < -0.3 is 15.4 Å². The van der Waals surface area contributed by atoms with Gasteiger partial charge in [-0.3, -0.25) is 0 Å². The van der Waals surface area contributed by atoms with Crippen LogP contribution in [0.15, 0.2) is 42.5 Å². The van der Waals surface area contributed by atoms with Gasteiger partial charge in [-0.2, -0.15) is 0 Å². The number of nitrogens with one attached hydrogen (secondary N) is 2. The van der Waals surface area contributed by atoms with Gasteiger partial charge in [0.2, 0.25) is 0 Å². The summed E-state index contributed by atoms with van der Waals surface area (Å²) < 4.78 is 5.85. The van der Waals surface area contributed by atoms with E-state index in [4.69, 9.17) is 4.74 Å². The molecule has 0 saturated carbocycles. The molecule has 2 N–H and O–H groups in total. The maximum Gasteiger partial charge on any atom is 0.142 e. The molecular weight excluding hydrogens is 284 g/mol. The minimum absolute atomic E-state index is 0.774. The van der Waals surface area contributed by atoms with Gasteiger partial charge in [0.15, 0.2) is 0 Å². The molecule has 0 bridgehead atoms. The third-order valence-electron chi connectivity index (χ3n) is 3.87. The molecule has 23 heavy (non-hydrogen) atoms. The summed E-state index contributed by atoms with van der Waals surface area (Å²) in [5, 5.41) is 6.98. The quantitative estimate of drug-likeness (QED) is 0.639. The first-order valence-corrected chi connectivity index (χ1v) is 8.48. The SMILES string of the molecule is CCCCOc1ccccc1NCCNc1c(C)cccc1C. The van der Waals surface area contributed by atoms with E-state index in [0.29, 0.717) is 0 Å². The highest BCUT2D eigenvalue weighted by atomic mass is 16.5. The number of aryl methyl sites for hydroxylation is 2. The number of hydrogen-bond donors (Lipinski definition) is 2. The molecule has 0 amide bonds. The Labute approximate surface area is 140 Å². The van der Waals surface area contributed by atoms with Crippen molar-refractivity contribution in [1.82, 2.24) is 0 Å². The molecule has 0 heterocycles. The van der Waals surface area contributed by atoms with Crippen molar-refractivity contribution in [1.29, 1.82) is 0 Å². The van der Waals surface area contributed by atoms with E-state index in [1.165, 1.54) is 16.8 Å². The summed E-state index contributed by atoms with van der Waals surface area (Å²) >= 11 is 0. The molecular formula is C20H28N2O. The van der Waals surface area contributed by atoms with Crippen LogP contribution in [0.1, 0.15) is 30.9 Å². The Morgan fingerprint density at radius 1 is 0.870 bits per heavy atom. The van der Waals surface area contributed by atoms with E-state index in [2.05, 4.69) is 55.7 Å². The number of anilines is 2. The zero-order valence-corrected chi connectivity index (χ0v) is 14.5. The van der Waals surface area contributed by atoms with Gasteiger partial charge in [0, 0.05) is 18.8 Å². The fraction of sp³-hybridized carbons (Fsp3) is 0.400. The van der Waals surface area contributed by atoms with E-state index in [-0.39, 0.29) is 0 Å². The third-order valence-corrected chi connectivity index (χ3v) is 3.87. The minimum Gasteiger partial charge on any atom is -0.491 e.